The minimum Gasteiger partial charge on any atom is -0.489 e. The first-order valence-corrected chi connectivity index (χ1v) is 13.3. The zero-order valence-electron chi connectivity index (χ0n) is 21.7. The Balaban J connectivity index is 1.51. The zero-order chi connectivity index (χ0) is 27.4. The fraction of sp³-hybridized carbons (Fsp3) is 0.345. The second kappa shape index (κ2) is 12.0. The van der Waals surface area contributed by atoms with Gasteiger partial charge in [-0.15, -0.1) is 0 Å². The molecule has 1 aromatic heterocycles. The molecule has 0 radical (unpaired) electrons. The highest BCUT2D eigenvalue weighted by Crippen LogP contribution is 2.34. The van der Waals surface area contributed by atoms with Gasteiger partial charge in [-0.2, -0.15) is 5.26 Å². The van der Waals surface area contributed by atoms with Crippen molar-refractivity contribution in [1.29, 1.82) is 10.7 Å². The third kappa shape index (κ3) is 6.21. The van der Waals surface area contributed by atoms with Gasteiger partial charge >= 0.3 is 0 Å². The molecule has 0 bridgehead atoms. The number of rotatable bonds is 8. The van der Waals surface area contributed by atoms with Crippen LogP contribution in [0.25, 0.3) is 0 Å². The van der Waals surface area contributed by atoms with Crippen LogP contribution in [0.3, 0.4) is 0 Å². The predicted octanol–water partition coefficient (Wildman–Crippen LogP) is 6.65. The second-order valence-electron chi connectivity index (χ2n) is 9.67. The van der Waals surface area contributed by atoms with E-state index in [1.54, 1.807) is 36.4 Å². The number of anilines is 1. The molecule has 0 amide bonds. The van der Waals surface area contributed by atoms with E-state index < -0.39 is 6.10 Å². The maximum absolute atomic E-state index is 9.81. The quantitative estimate of drug-likeness (QED) is 0.239. The molecule has 1 fully saturated rings. The number of halogens is 2. The lowest BCUT2D eigenvalue weighted by molar-refractivity contribution is 0.0841. The summed E-state index contributed by atoms with van der Waals surface area (Å²) in [5, 5.41) is 19.5. The van der Waals surface area contributed by atoms with Gasteiger partial charge < -0.3 is 20.1 Å². The van der Waals surface area contributed by atoms with Gasteiger partial charge in [0.25, 0.3) is 0 Å². The summed E-state index contributed by atoms with van der Waals surface area (Å²) in [6.07, 6.45) is 4.47. The average Bonchev–Trinajstić information content (AvgIpc) is 2.90. The number of aromatic nitrogens is 1. The molecule has 9 heteroatoms. The summed E-state index contributed by atoms with van der Waals surface area (Å²) >= 11 is 12.6. The SMILES string of the molecule is CC(C)N1CCC(Oc2ccc(C(=N)c3cc(O[C@H](C)c4c(Cl)cncc4Cl)ccc3N)cc2C#N)CC1. The van der Waals surface area contributed by atoms with Crippen LogP contribution in [-0.4, -0.2) is 40.8 Å². The van der Waals surface area contributed by atoms with Crippen molar-refractivity contribution in [3.8, 4) is 17.6 Å². The first-order valence-electron chi connectivity index (χ1n) is 12.6. The normalized spacial score (nSPS) is 15.2. The maximum Gasteiger partial charge on any atom is 0.137 e. The highest BCUT2D eigenvalue weighted by atomic mass is 35.5. The number of nitrogens with one attached hydrogen (secondary N) is 1. The van der Waals surface area contributed by atoms with E-state index in [4.69, 9.17) is 43.8 Å². The minimum absolute atomic E-state index is 0.0660. The van der Waals surface area contributed by atoms with Crippen molar-refractivity contribution in [3.05, 3.63) is 81.1 Å². The maximum atomic E-state index is 9.81. The van der Waals surface area contributed by atoms with E-state index in [0.717, 1.165) is 25.9 Å². The second-order valence-corrected chi connectivity index (χ2v) is 10.5. The van der Waals surface area contributed by atoms with Crippen LogP contribution in [0, 0.1) is 16.7 Å². The number of ether oxygens (including phenoxy) is 2. The monoisotopic (exact) mass is 551 g/mol. The Morgan fingerprint density at radius 1 is 1.11 bits per heavy atom. The molecular weight excluding hydrogens is 521 g/mol. The van der Waals surface area contributed by atoms with Gasteiger partial charge in [-0.05, 0) is 70.0 Å². The lowest BCUT2D eigenvalue weighted by atomic mass is 9.98. The Bertz CT molecular complexity index is 1340. The summed E-state index contributed by atoms with van der Waals surface area (Å²) in [6, 6.07) is 13.1. The van der Waals surface area contributed by atoms with Crippen molar-refractivity contribution in [3.63, 3.8) is 0 Å². The number of nitrogens with two attached hydrogens (primary N) is 1. The number of nitrogen functional groups attached to an aromatic ring is 1. The molecule has 3 N–H and O–H groups in total. The Hall–Kier alpha value is -3.31. The van der Waals surface area contributed by atoms with Crippen molar-refractivity contribution in [2.45, 2.75) is 51.9 Å². The average molecular weight is 553 g/mol. The topological polar surface area (TPSA) is 108 Å². The summed E-state index contributed by atoms with van der Waals surface area (Å²) in [5.74, 6) is 1.04. The first kappa shape index (κ1) is 27.7. The van der Waals surface area contributed by atoms with E-state index in [1.807, 2.05) is 6.92 Å². The number of nitriles is 1. The van der Waals surface area contributed by atoms with Crippen molar-refractivity contribution in [1.82, 2.24) is 9.88 Å². The van der Waals surface area contributed by atoms with Gasteiger partial charge in [-0.3, -0.25) is 10.4 Å². The fourth-order valence-corrected chi connectivity index (χ4v) is 5.29. The summed E-state index contributed by atoms with van der Waals surface area (Å²) in [7, 11) is 0. The van der Waals surface area contributed by atoms with Crippen molar-refractivity contribution >= 4 is 34.6 Å². The molecule has 0 aliphatic carbocycles. The van der Waals surface area contributed by atoms with Gasteiger partial charge in [0, 0.05) is 53.9 Å². The summed E-state index contributed by atoms with van der Waals surface area (Å²) in [6.45, 7) is 8.18. The van der Waals surface area contributed by atoms with Crippen LogP contribution >= 0.6 is 23.2 Å². The molecule has 0 saturated carbocycles. The summed E-state index contributed by atoms with van der Waals surface area (Å²) < 4.78 is 12.3. The largest absolute Gasteiger partial charge is 0.489 e. The standard InChI is InChI=1S/C29H31Cl2N5O2/c1-17(2)36-10-8-21(9-11-36)38-27-7-4-19(12-20(27)14-32)29(34)23-13-22(5-6-26(23)33)37-18(3)28-24(30)15-35-16-25(28)31/h4-7,12-13,15-18,21,34H,8-11,33H2,1-3H3/t18-/m1/s1. The van der Waals surface area contributed by atoms with E-state index in [0.29, 0.717) is 55.5 Å². The summed E-state index contributed by atoms with van der Waals surface area (Å²) in [5.41, 5.74) is 8.89. The smallest absolute Gasteiger partial charge is 0.137 e. The van der Waals surface area contributed by atoms with Gasteiger partial charge in [0.1, 0.15) is 29.8 Å². The van der Waals surface area contributed by atoms with Crippen LogP contribution < -0.4 is 15.2 Å². The van der Waals surface area contributed by atoms with Crippen LogP contribution in [-0.2, 0) is 0 Å². The summed E-state index contributed by atoms with van der Waals surface area (Å²) in [4.78, 5) is 6.41. The van der Waals surface area contributed by atoms with Crippen LogP contribution in [0.15, 0.2) is 48.8 Å². The molecule has 1 aliphatic heterocycles. The molecular formula is C29H31Cl2N5O2. The lowest BCUT2D eigenvalue weighted by Gasteiger charge is -2.34. The van der Waals surface area contributed by atoms with Crippen molar-refractivity contribution < 1.29 is 9.47 Å². The number of benzene rings is 2. The number of likely N-dealkylation sites (tertiary alicyclic amines) is 1. The van der Waals surface area contributed by atoms with E-state index in [1.165, 1.54) is 12.4 Å². The molecule has 2 aromatic carbocycles. The van der Waals surface area contributed by atoms with Crippen molar-refractivity contribution in [2.75, 3.05) is 18.8 Å². The molecule has 1 aliphatic rings. The minimum atomic E-state index is -0.460. The highest BCUT2D eigenvalue weighted by molar-refractivity contribution is 6.35. The molecule has 38 heavy (non-hydrogen) atoms. The van der Waals surface area contributed by atoms with Crippen LogP contribution in [0.4, 0.5) is 5.69 Å². The van der Waals surface area contributed by atoms with Gasteiger partial charge in [0.2, 0.25) is 0 Å². The third-order valence-electron chi connectivity index (χ3n) is 6.79. The Morgan fingerprint density at radius 2 is 1.79 bits per heavy atom. The molecule has 1 atom stereocenters. The number of nitrogens with zero attached hydrogens (tertiary/aromatic N) is 3. The number of pyridine rings is 1. The van der Waals surface area contributed by atoms with Crippen LogP contribution in [0.5, 0.6) is 11.5 Å². The molecule has 7 nitrogen and oxygen atoms in total. The van der Waals surface area contributed by atoms with Crippen molar-refractivity contribution in [2.24, 2.45) is 0 Å². The molecule has 0 unspecified atom stereocenters. The van der Waals surface area contributed by atoms with E-state index in [2.05, 4.69) is 29.8 Å². The Kier molecular flexibility index (Phi) is 8.78. The Morgan fingerprint density at radius 3 is 2.42 bits per heavy atom. The van der Waals surface area contributed by atoms with E-state index >= 15 is 0 Å². The predicted molar refractivity (Wildman–Crippen MR) is 152 cm³/mol. The van der Waals surface area contributed by atoms with Gasteiger partial charge in [-0.1, -0.05) is 23.2 Å². The van der Waals surface area contributed by atoms with E-state index in [9.17, 15) is 5.26 Å². The number of hydrogen-bond acceptors (Lipinski definition) is 7. The van der Waals surface area contributed by atoms with E-state index in [-0.39, 0.29) is 11.8 Å². The third-order valence-corrected chi connectivity index (χ3v) is 7.40. The first-order chi connectivity index (χ1) is 18.2. The molecule has 3 aromatic rings. The molecule has 1 saturated heterocycles. The highest BCUT2D eigenvalue weighted by Gasteiger charge is 2.23. The lowest BCUT2D eigenvalue weighted by Crippen LogP contribution is -2.41. The van der Waals surface area contributed by atoms with Gasteiger partial charge in [-0.25, -0.2) is 0 Å². The van der Waals surface area contributed by atoms with Crippen LogP contribution in [0.1, 0.15) is 62.0 Å². The zero-order valence-corrected chi connectivity index (χ0v) is 23.2. The Labute approximate surface area is 233 Å². The van der Waals surface area contributed by atoms with Crippen LogP contribution in [0.2, 0.25) is 10.0 Å². The number of hydrogen-bond donors (Lipinski definition) is 2. The molecule has 4 rings (SSSR count). The molecule has 0 spiro atoms. The fourth-order valence-electron chi connectivity index (χ4n) is 4.62. The van der Waals surface area contributed by atoms with Gasteiger partial charge in [0.05, 0.1) is 21.3 Å². The molecule has 198 valence electrons. The van der Waals surface area contributed by atoms with Gasteiger partial charge in [0.15, 0.2) is 0 Å². The molecule has 2 heterocycles. The number of piperidine rings is 1.